The van der Waals surface area contributed by atoms with Crippen LogP contribution in [0.15, 0.2) is 0 Å². The zero-order valence-electron chi connectivity index (χ0n) is 13.7. The lowest BCUT2D eigenvalue weighted by atomic mass is 9.62. The van der Waals surface area contributed by atoms with Crippen LogP contribution in [-0.4, -0.2) is 5.54 Å². The predicted molar refractivity (Wildman–Crippen MR) is 81.5 cm³/mol. The van der Waals surface area contributed by atoms with Crippen LogP contribution >= 0.6 is 0 Å². The van der Waals surface area contributed by atoms with Crippen LogP contribution < -0.4 is 5.73 Å². The van der Waals surface area contributed by atoms with Gasteiger partial charge in [0.15, 0.2) is 0 Å². The fourth-order valence-corrected chi connectivity index (χ4v) is 4.26. The Labute approximate surface area is 115 Å². The van der Waals surface area contributed by atoms with E-state index in [9.17, 15) is 0 Å². The minimum absolute atomic E-state index is 0.0454. The van der Waals surface area contributed by atoms with Crippen molar-refractivity contribution < 1.29 is 0 Å². The van der Waals surface area contributed by atoms with E-state index in [-0.39, 0.29) is 5.54 Å². The van der Waals surface area contributed by atoms with E-state index in [0.29, 0.717) is 5.41 Å². The van der Waals surface area contributed by atoms with Crippen LogP contribution in [0.5, 0.6) is 0 Å². The Hall–Kier alpha value is -0.0400. The van der Waals surface area contributed by atoms with Crippen molar-refractivity contribution in [3.05, 3.63) is 0 Å². The van der Waals surface area contributed by atoms with Crippen molar-refractivity contribution in [2.24, 2.45) is 34.8 Å². The van der Waals surface area contributed by atoms with Gasteiger partial charge in [0.05, 0.1) is 0 Å². The third-order valence-corrected chi connectivity index (χ3v) is 5.07. The lowest BCUT2D eigenvalue weighted by Crippen LogP contribution is -2.39. The van der Waals surface area contributed by atoms with Gasteiger partial charge in [-0.3, -0.25) is 0 Å². The summed E-state index contributed by atoms with van der Waals surface area (Å²) in [6.45, 7) is 16.4. The Kier molecular flexibility index (Phi) is 4.92. The molecule has 2 N–H and O–H groups in total. The van der Waals surface area contributed by atoms with E-state index in [1.54, 1.807) is 0 Å². The Bertz CT molecular complexity index is 261. The topological polar surface area (TPSA) is 26.0 Å². The van der Waals surface area contributed by atoms with Crippen LogP contribution in [-0.2, 0) is 0 Å². The molecule has 1 heteroatoms. The van der Waals surface area contributed by atoms with E-state index in [2.05, 4.69) is 48.5 Å². The molecule has 1 rings (SSSR count). The summed E-state index contributed by atoms with van der Waals surface area (Å²) in [6, 6.07) is 0. The summed E-state index contributed by atoms with van der Waals surface area (Å²) in [4.78, 5) is 0. The smallest absolute Gasteiger partial charge is 0.0102 e. The lowest BCUT2D eigenvalue weighted by molar-refractivity contribution is 0.0709. The van der Waals surface area contributed by atoms with Crippen LogP contribution in [0.2, 0.25) is 0 Å². The molecule has 0 bridgehead atoms. The first kappa shape index (κ1) is 16.0. The molecule has 3 unspecified atom stereocenters. The fourth-order valence-electron chi connectivity index (χ4n) is 4.26. The molecular weight excluding hydrogens is 218 g/mol. The normalized spacial score (nSPS) is 28.7. The highest BCUT2D eigenvalue weighted by Crippen LogP contribution is 2.45. The van der Waals surface area contributed by atoms with E-state index < -0.39 is 0 Å². The zero-order chi connectivity index (χ0) is 14.1. The van der Waals surface area contributed by atoms with E-state index in [0.717, 1.165) is 30.1 Å². The van der Waals surface area contributed by atoms with E-state index in [1.807, 2.05) is 0 Å². The maximum absolute atomic E-state index is 6.19. The minimum Gasteiger partial charge on any atom is -0.326 e. The number of hydrogen-bond donors (Lipinski definition) is 1. The molecule has 4 atom stereocenters. The minimum atomic E-state index is -0.0454. The molecule has 0 radical (unpaired) electrons. The summed E-state index contributed by atoms with van der Waals surface area (Å²) in [5.41, 5.74) is 6.51. The highest BCUT2D eigenvalue weighted by atomic mass is 14.7. The fraction of sp³-hybridized carbons (Fsp3) is 1.00. The third kappa shape index (κ3) is 4.57. The largest absolute Gasteiger partial charge is 0.326 e. The molecule has 0 aliphatic heterocycles. The average Bonchev–Trinajstić information content (AvgIpc) is 2.10. The highest BCUT2D eigenvalue weighted by Gasteiger charge is 2.36. The quantitative estimate of drug-likeness (QED) is 0.719. The molecule has 0 aromatic carbocycles. The van der Waals surface area contributed by atoms with Gasteiger partial charge in [-0.05, 0) is 62.2 Å². The molecule has 1 aliphatic carbocycles. The average molecular weight is 253 g/mol. The summed E-state index contributed by atoms with van der Waals surface area (Å²) < 4.78 is 0. The van der Waals surface area contributed by atoms with Gasteiger partial charge in [0.1, 0.15) is 0 Å². The monoisotopic (exact) mass is 253 g/mol. The standard InChI is InChI=1S/C17H35N/c1-12-8-9-15(12)14(3)13(2)10-16(4,5)11-17(6,7)18/h12-15H,8-11,18H2,1-7H3/t12?,13-,14?,15?/m0/s1. The number of nitrogens with two attached hydrogens (primary N) is 1. The highest BCUT2D eigenvalue weighted by molar-refractivity contribution is 4.88. The molecule has 18 heavy (non-hydrogen) atoms. The Morgan fingerprint density at radius 3 is 2.00 bits per heavy atom. The predicted octanol–water partition coefficient (Wildman–Crippen LogP) is 4.85. The van der Waals surface area contributed by atoms with E-state index in [1.165, 1.54) is 19.3 Å². The SMILES string of the molecule is CC1CCC1C(C)[C@@H](C)CC(C)(C)CC(C)(C)N. The summed E-state index contributed by atoms with van der Waals surface area (Å²) in [6.07, 6.45) is 5.31. The number of hydrogen-bond acceptors (Lipinski definition) is 1. The second kappa shape index (κ2) is 5.53. The molecule has 108 valence electrons. The maximum atomic E-state index is 6.19. The molecule has 1 aliphatic rings. The first-order chi connectivity index (χ1) is 8.02. The van der Waals surface area contributed by atoms with Gasteiger partial charge in [-0.1, -0.05) is 41.0 Å². The molecule has 1 saturated carbocycles. The van der Waals surface area contributed by atoms with Gasteiger partial charge in [-0.15, -0.1) is 0 Å². The summed E-state index contributed by atoms with van der Waals surface area (Å²) in [7, 11) is 0. The Balaban J connectivity index is 2.49. The Morgan fingerprint density at radius 1 is 1.11 bits per heavy atom. The molecule has 0 spiro atoms. The molecule has 0 aromatic heterocycles. The van der Waals surface area contributed by atoms with Gasteiger partial charge >= 0.3 is 0 Å². The lowest BCUT2D eigenvalue weighted by Gasteiger charge is -2.43. The van der Waals surface area contributed by atoms with Gasteiger partial charge < -0.3 is 5.73 Å². The van der Waals surface area contributed by atoms with Crippen molar-refractivity contribution in [1.29, 1.82) is 0 Å². The molecule has 0 saturated heterocycles. The van der Waals surface area contributed by atoms with Crippen LogP contribution in [0.3, 0.4) is 0 Å². The first-order valence-electron chi connectivity index (χ1n) is 7.81. The summed E-state index contributed by atoms with van der Waals surface area (Å²) in [5.74, 6) is 3.61. The zero-order valence-corrected chi connectivity index (χ0v) is 13.7. The number of rotatable bonds is 6. The van der Waals surface area contributed by atoms with Gasteiger partial charge in [0, 0.05) is 5.54 Å². The van der Waals surface area contributed by atoms with Crippen LogP contribution in [0.4, 0.5) is 0 Å². The van der Waals surface area contributed by atoms with Gasteiger partial charge in [0.25, 0.3) is 0 Å². The van der Waals surface area contributed by atoms with Crippen molar-refractivity contribution in [2.45, 2.75) is 79.7 Å². The van der Waals surface area contributed by atoms with Crippen LogP contribution in [0, 0.1) is 29.1 Å². The van der Waals surface area contributed by atoms with Crippen molar-refractivity contribution >= 4 is 0 Å². The van der Waals surface area contributed by atoms with Crippen molar-refractivity contribution in [3.8, 4) is 0 Å². The molecule has 0 amide bonds. The molecule has 0 aromatic rings. The van der Waals surface area contributed by atoms with Crippen molar-refractivity contribution in [2.75, 3.05) is 0 Å². The third-order valence-electron chi connectivity index (χ3n) is 5.07. The van der Waals surface area contributed by atoms with Crippen molar-refractivity contribution in [3.63, 3.8) is 0 Å². The molecule has 1 nitrogen and oxygen atoms in total. The second-order valence-electron chi connectivity index (χ2n) is 8.59. The van der Waals surface area contributed by atoms with E-state index >= 15 is 0 Å². The van der Waals surface area contributed by atoms with Crippen LogP contribution in [0.1, 0.15) is 74.1 Å². The van der Waals surface area contributed by atoms with Crippen LogP contribution in [0.25, 0.3) is 0 Å². The molecule has 1 fully saturated rings. The summed E-state index contributed by atoms with van der Waals surface area (Å²) in [5, 5.41) is 0. The molecule has 0 heterocycles. The maximum Gasteiger partial charge on any atom is 0.0102 e. The van der Waals surface area contributed by atoms with Gasteiger partial charge in [-0.25, -0.2) is 0 Å². The second-order valence-corrected chi connectivity index (χ2v) is 8.59. The first-order valence-corrected chi connectivity index (χ1v) is 7.81. The summed E-state index contributed by atoms with van der Waals surface area (Å²) >= 11 is 0. The van der Waals surface area contributed by atoms with Gasteiger partial charge in [-0.2, -0.15) is 0 Å². The van der Waals surface area contributed by atoms with Gasteiger partial charge in [0.2, 0.25) is 0 Å². The Morgan fingerprint density at radius 2 is 1.67 bits per heavy atom. The van der Waals surface area contributed by atoms with E-state index in [4.69, 9.17) is 5.73 Å². The molecular formula is C17H35N. The van der Waals surface area contributed by atoms with Crippen molar-refractivity contribution in [1.82, 2.24) is 0 Å².